The molecule has 27 heavy (non-hydrogen) atoms. The second-order valence-corrected chi connectivity index (χ2v) is 15.0. The first kappa shape index (κ1) is 36.1. The van der Waals surface area contributed by atoms with Gasteiger partial charge in [0.25, 0.3) is 0 Å². The van der Waals surface area contributed by atoms with Crippen LogP contribution >= 0.6 is 110 Å². The van der Waals surface area contributed by atoms with Crippen LogP contribution in [0.4, 0.5) is 0 Å². The molecular weight excluding hydrogens is 912 g/mol. The standard InChI is InChI=1S/C10H16N.4ClIO2/c1-11(2,3)9-10-7-5-4-6-8-10;4*1-2(3)4/h4-8H,9H2,1-3H3;;;;/q+1;;;;. The first-order chi connectivity index (χ1) is 12.0. The fraction of sp³-hybridized carbons (Fsp3) is 0.400. The highest BCUT2D eigenvalue weighted by molar-refractivity contribution is 14.2. The van der Waals surface area contributed by atoms with Gasteiger partial charge in [0.2, 0.25) is 0 Å². The Balaban J connectivity index is -0.000000139. The van der Waals surface area contributed by atoms with Crippen LogP contribution in [0.5, 0.6) is 0 Å². The summed E-state index contributed by atoms with van der Waals surface area (Å²) in [6, 6.07) is 10.6. The number of rotatable bonds is 2. The Morgan fingerprint density at radius 1 is 0.630 bits per heavy atom. The molecular formula is C10H16Cl4I4NO8+. The van der Waals surface area contributed by atoms with Crippen LogP contribution in [-0.4, -0.2) is 25.6 Å². The maximum Gasteiger partial charge on any atom is 0.409 e. The molecule has 0 aliphatic carbocycles. The van der Waals surface area contributed by atoms with E-state index >= 15 is 0 Å². The van der Waals surface area contributed by atoms with Gasteiger partial charge in [-0.05, 0) is 0 Å². The Kier molecular flexibility index (Phi) is 32.0. The van der Waals surface area contributed by atoms with Crippen LogP contribution in [0.15, 0.2) is 30.3 Å². The zero-order chi connectivity index (χ0) is 22.6. The van der Waals surface area contributed by atoms with Crippen molar-refractivity contribution in [3.8, 4) is 0 Å². The summed E-state index contributed by atoms with van der Waals surface area (Å²) in [5, 5.41) is 0. The molecule has 0 bridgehead atoms. The van der Waals surface area contributed by atoms with Crippen molar-refractivity contribution in [2.75, 3.05) is 21.1 Å². The quantitative estimate of drug-likeness (QED) is 0.224. The van der Waals surface area contributed by atoms with E-state index in [-0.39, 0.29) is 0 Å². The first-order valence-corrected chi connectivity index (χ1v) is 23.7. The van der Waals surface area contributed by atoms with Crippen molar-refractivity contribution in [1.29, 1.82) is 0 Å². The highest BCUT2D eigenvalue weighted by atomic mass is 127. The van der Waals surface area contributed by atoms with E-state index < -0.39 is 74.7 Å². The van der Waals surface area contributed by atoms with Crippen LogP contribution in [0.2, 0.25) is 0 Å². The van der Waals surface area contributed by atoms with Crippen LogP contribution in [0.25, 0.3) is 0 Å². The third-order valence-electron chi connectivity index (χ3n) is 1.50. The predicted molar refractivity (Wildman–Crippen MR) is 133 cm³/mol. The summed E-state index contributed by atoms with van der Waals surface area (Å²) >= 11 is -13.2. The summed E-state index contributed by atoms with van der Waals surface area (Å²) in [5.41, 5.74) is 1.40. The molecule has 164 valence electrons. The lowest BCUT2D eigenvalue weighted by atomic mass is 10.2. The van der Waals surface area contributed by atoms with E-state index in [0.717, 1.165) is 11.0 Å². The largest absolute Gasteiger partial charge is 0.409 e. The monoisotopic (exact) mass is 926 g/mol. The summed E-state index contributed by atoms with van der Waals surface area (Å²) in [5.74, 6) is 0. The summed E-state index contributed by atoms with van der Waals surface area (Å²) in [4.78, 5) is 0. The number of nitrogens with zero attached hydrogens (tertiary/aromatic N) is 1. The minimum Gasteiger partial charge on any atom is -0.327 e. The molecule has 0 saturated carbocycles. The molecule has 17 heteroatoms. The number of hydrogen-bond donors (Lipinski definition) is 0. The van der Waals surface area contributed by atoms with Gasteiger partial charge >= 0.3 is 74.7 Å². The Bertz CT molecular complexity index is 659. The van der Waals surface area contributed by atoms with Gasteiger partial charge in [-0.1, -0.05) is 30.3 Å². The van der Waals surface area contributed by atoms with Crippen LogP contribution < -0.4 is 0 Å². The lowest BCUT2D eigenvalue weighted by Crippen LogP contribution is -2.33. The van der Waals surface area contributed by atoms with E-state index in [1.807, 2.05) is 0 Å². The van der Waals surface area contributed by atoms with Crippen molar-refractivity contribution in [1.82, 2.24) is 0 Å². The third kappa shape index (κ3) is 84.7. The van der Waals surface area contributed by atoms with Gasteiger partial charge in [0, 0.05) is 41.2 Å². The number of halogens is 8. The molecule has 1 aromatic carbocycles. The van der Waals surface area contributed by atoms with Crippen LogP contribution in [0, 0.1) is 0 Å². The Hall–Kier alpha value is 1.66. The Morgan fingerprint density at radius 2 is 0.852 bits per heavy atom. The molecule has 0 heterocycles. The van der Waals surface area contributed by atoms with Gasteiger partial charge in [0.05, 0.1) is 21.1 Å². The molecule has 0 atom stereocenters. The molecule has 0 N–H and O–H groups in total. The smallest absolute Gasteiger partial charge is 0.327 e. The van der Waals surface area contributed by atoms with Gasteiger partial charge in [0.15, 0.2) is 0 Å². The molecule has 0 fully saturated rings. The Labute approximate surface area is 199 Å². The van der Waals surface area contributed by atoms with Crippen molar-refractivity contribution in [3.05, 3.63) is 35.9 Å². The van der Waals surface area contributed by atoms with Crippen molar-refractivity contribution in [3.63, 3.8) is 0 Å². The highest BCUT2D eigenvalue weighted by Gasteiger charge is 2.06. The molecule has 0 amide bonds. The third-order valence-corrected chi connectivity index (χ3v) is 1.50. The molecule has 0 radical (unpaired) electrons. The SMILES string of the molecule is C[N+](C)(C)Cc1ccccc1.O=I(=O)Cl.O=I(=O)Cl.O=I(=O)Cl.O=I(=O)Cl. The maximum absolute atomic E-state index is 8.89. The van der Waals surface area contributed by atoms with Gasteiger partial charge in [0.1, 0.15) is 6.54 Å². The van der Waals surface area contributed by atoms with Crippen LogP contribution in [0.1, 0.15) is 5.56 Å². The second-order valence-electron chi connectivity index (χ2n) is 4.65. The second kappa shape index (κ2) is 23.9. The molecule has 9 nitrogen and oxygen atoms in total. The summed E-state index contributed by atoms with van der Waals surface area (Å²) in [7, 11) is 23.9. The minimum atomic E-state index is -3.29. The molecule has 1 rings (SSSR count). The summed E-state index contributed by atoms with van der Waals surface area (Å²) in [6.07, 6.45) is 0. The van der Waals surface area contributed by atoms with Crippen molar-refractivity contribution >= 4 is 110 Å². The van der Waals surface area contributed by atoms with E-state index in [4.69, 9.17) is 24.6 Å². The zero-order valence-electron chi connectivity index (χ0n) is 13.8. The average molecular weight is 928 g/mol. The fourth-order valence-electron chi connectivity index (χ4n) is 1.13. The lowest BCUT2D eigenvalue weighted by molar-refractivity contribution is -0.884. The zero-order valence-corrected chi connectivity index (χ0v) is 25.5. The van der Waals surface area contributed by atoms with E-state index in [9.17, 15) is 0 Å². The molecule has 0 unspecified atom stereocenters. The van der Waals surface area contributed by atoms with E-state index in [1.54, 1.807) is 0 Å². The molecule has 0 aliphatic heterocycles. The minimum absolute atomic E-state index is 0.990. The maximum atomic E-state index is 8.89. The number of benzene rings is 1. The highest BCUT2D eigenvalue weighted by Crippen LogP contribution is 2.08. The fourth-order valence-corrected chi connectivity index (χ4v) is 1.13. The van der Waals surface area contributed by atoms with E-state index in [0.29, 0.717) is 0 Å². The van der Waals surface area contributed by atoms with Gasteiger partial charge in [-0.3, -0.25) is 0 Å². The summed E-state index contributed by atoms with van der Waals surface area (Å²) in [6.45, 7) is 1.10. The topological polar surface area (TPSA) is 137 Å². The normalized spacial score (nSPS) is 9.74. The molecule has 0 aromatic heterocycles. The summed E-state index contributed by atoms with van der Waals surface area (Å²) < 4.78 is 72.1. The van der Waals surface area contributed by atoms with E-state index in [1.165, 1.54) is 5.56 Å². The predicted octanol–water partition coefficient (Wildman–Crippen LogP) is 7.24. The molecule has 0 aliphatic rings. The van der Waals surface area contributed by atoms with Crippen molar-refractivity contribution in [2.24, 2.45) is 0 Å². The molecule has 1 aromatic rings. The van der Waals surface area contributed by atoms with Gasteiger partial charge in [-0.2, -0.15) is 0 Å². The lowest BCUT2D eigenvalue weighted by Gasteiger charge is -2.23. The van der Waals surface area contributed by atoms with Crippen LogP contribution in [0.3, 0.4) is 0 Å². The Morgan fingerprint density at radius 3 is 1.04 bits per heavy atom. The average Bonchev–Trinajstić information content (AvgIpc) is 2.34. The van der Waals surface area contributed by atoms with Crippen LogP contribution in [-0.2, 0) is 31.1 Å². The van der Waals surface area contributed by atoms with Gasteiger partial charge in [-0.25, -0.2) is 24.6 Å². The van der Waals surface area contributed by atoms with Gasteiger partial charge in [-0.15, -0.1) is 0 Å². The molecule has 0 spiro atoms. The van der Waals surface area contributed by atoms with E-state index in [2.05, 4.69) is 87.1 Å². The number of quaternary nitrogens is 1. The van der Waals surface area contributed by atoms with Crippen molar-refractivity contribution < 1.29 is 29.0 Å². The van der Waals surface area contributed by atoms with Crippen molar-refractivity contribution in [2.45, 2.75) is 6.54 Å². The molecule has 0 saturated heterocycles. The number of hydrogen-bond acceptors (Lipinski definition) is 8. The first-order valence-electron chi connectivity index (χ1n) is 5.73. The van der Waals surface area contributed by atoms with Gasteiger partial charge < -0.3 is 4.48 Å².